The van der Waals surface area contributed by atoms with Crippen LogP contribution in [0.25, 0.3) is 0 Å². The van der Waals surface area contributed by atoms with Gasteiger partial charge in [-0.25, -0.2) is 8.78 Å². The predicted molar refractivity (Wildman–Crippen MR) is 65.6 cm³/mol. The van der Waals surface area contributed by atoms with E-state index in [0.29, 0.717) is 5.56 Å². The van der Waals surface area contributed by atoms with Crippen molar-refractivity contribution in [3.05, 3.63) is 34.9 Å². The number of carbonyl (C=O) groups is 2. The molecule has 0 saturated carbocycles. The van der Waals surface area contributed by atoms with E-state index in [0.717, 1.165) is 0 Å². The molecule has 2 amide bonds. The van der Waals surface area contributed by atoms with Crippen LogP contribution < -0.4 is 5.32 Å². The fraction of sp³-hybridized carbons (Fsp3) is 0.429. The summed E-state index contributed by atoms with van der Waals surface area (Å²) in [6, 6.07) is 2.57. The van der Waals surface area contributed by atoms with Crippen molar-refractivity contribution in [3.8, 4) is 0 Å². The van der Waals surface area contributed by atoms with Gasteiger partial charge in [0, 0.05) is 12.0 Å². The fourth-order valence-electron chi connectivity index (χ4n) is 2.32. The summed E-state index contributed by atoms with van der Waals surface area (Å²) >= 11 is 0. The second-order valence-corrected chi connectivity index (χ2v) is 5.02. The van der Waals surface area contributed by atoms with Gasteiger partial charge >= 0.3 is 0 Å². The van der Waals surface area contributed by atoms with Crippen LogP contribution in [0, 0.1) is 11.6 Å². The van der Waals surface area contributed by atoms with Gasteiger partial charge < -0.3 is 0 Å². The monoisotopic (exact) mass is 267 g/mol. The minimum absolute atomic E-state index is 0.0984. The van der Waals surface area contributed by atoms with Crippen LogP contribution in [0.4, 0.5) is 8.78 Å². The Hall–Kier alpha value is -1.78. The van der Waals surface area contributed by atoms with Gasteiger partial charge in [0.05, 0.1) is 5.92 Å². The Labute approximate surface area is 110 Å². The largest absolute Gasteiger partial charge is 0.296 e. The third kappa shape index (κ3) is 2.50. The van der Waals surface area contributed by atoms with Gasteiger partial charge in [-0.15, -0.1) is 0 Å². The summed E-state index contributed by atoms with van der Waals surface area (Å²) in [5.74, 6) is -3.48. The lowest BCUT2D eigenvalue weighted by Gasteiger charge is -2.23. The van der Waals surface area contributed by atoms with E-state index in [4.69, 9.17) is 0 Å². The first-order valence-electron chi connectivity index (χ1n) is 6.23. The molecule has 0 aliphatic carbocycles. The molecule has 1 aromatic rings. The minimum Gasteiger partial charge on any atom is -0.296 e. The average Bonchev–Trinajstić information content (AvgIpc) is 2.31. The van der Waals surface area contributed by atoms with Gasteiger partial charge in [-0.1, -0.05) is 19.9 Å². The highest BCUT2D eigenvalue weighted by Crippen LogP contribution is 2.32. The molecule has 19 heavy (non-hydrogen) atoms. The molecule has 1 saturated heterocycles. The molecule has 1 heterocycles. The van der Waals surface area contributed by atoms with Crippen LogP contribution in [0.3, 0.4) is 0 Å². The molecular formula is C14H15F2NO2. The molecule has 0 spiro atoms. The first-order chi connectivity index (χ1) is 8.91. The predicted octanol–water partition coefficient (Wildman–Crippen LogP) is 2.61. The number of halogens is 2. The van der Waals surface area contributed by atoms with Gasteiger partial charge in [0.1, 0.15) is 11.6 Å². The van der Waals surface area contributed by atoms with Crippen LogP contribution in [0.1, 0.15) is 49.7 Å². The van der Waals surface area contributed by atoms with Crippen molar-refractivity contribution >= 4 is 11.8 Å². The van der Waals surface area contributed by atoms with E-state index in [2.05, 4.69) is 5.32 Å². The number of piperidine rings is 1. The maximum atomic E-state index is 14.3. The zero-order chi connectivity index (χ0) is 14.2. The Kier molecular flexibility index (Phi) is 3.64. The van der Waals surface area contributed by atoms with E-state index in [-0.39, 0.29) is 24.3 Å². The van der Waals surface area contributed by atoms with Crippen LogP contribution >= 0.6 is 0 Å². The number of imide groups is 1. The maximum Gasteiger partial charge on any atom is 0.234 e. The third-order valence-electron chi connectivity index (χ3n) is 3.37. The molecule has 2 rings (SSSR count). The molecule has 0 aromatic heterocycles. The van der Waals surface area contributed by atoms with E-state index in [1.165, 1.54) is 12.1 Å². The quantitative estimate of drug-likeness (QED) is 0.837. The highest BCUT2D eigenvalue weighted by molar-refractivity contribution is 6.01. The molecule has 0 bridgehead atoms. The number of benzene rings is 1. The maximum absolute atomic E-state index is 14.3. The summed E-state index contributed by atoms with van der Waals surface area (Å²) in [5.41, 5.74) is 0.150. The van der Waals surface area contributed by atoms with Crippen molar-refractivity contribution in [3.63, 3.8) is 0 Å². The highest BCUT2D eigenvalue weighted by atomic mass is 19.1. The zero-order valence-electron chi connectivity index (χ0n) is 10.8. The summed E-state index contributed by atoms with van der Waals surface area (Å²) < 4.78 is 28.2. The summed E-state index contributed by atoms with van der Waals surface area (Å²) in [7, 11) is 0. The zero-order valence-corrected chi connectivity index (χ0v) is 10.8. The summed E-state index contributed by atoms with van der Waals surface area (Å²) in [6.07, 6.45) is 0.237. The summed E-state index contributed by atoms with van der Waals surface area (Å²) in [5, 5.41) is 2.12. The smallest absolute Gasteiger partial charge is 0.234 e. The Balaban J connectivity index is 2.47. The third-order valence-corrected chi connectivity index (χ3v) is 3.37. The Morgan fingerprint density at radius 1 is 1.26 bits per heavy atom. The van der Waals surface area contributed by atoms with E-state index in [1.807, 2.05) is 0 Å². The molecule has 1 atom stereocenters. The number of hydrogen-bond acceptors (Lipinski definition) is 2. The number of hydrogen-bond donors (Lipinski definition) is 1. The second-order valence-electron chi connectivity index (χ2n) is 5.02. The second kappa shape index (κ2) is 5.07. The summed E-state index contributed by atoms with van der Waals surface area (Å²) in [6.45, 7) is 3.59. The number of amides is 2. The van der Waals surface area contributed by atoms with Crippen molar-refractivity contribution in [2.75, 3.05) is 0 Å². The molecule has 1 aromatic carbocycles. The molecule has 102 valence electrons. The number of nitrogens with one attached hydrogen (secondary N) is 1. The molecule has 1 N–H and O–H groups in total. The fourth-order valence-corrected chi connectivity index (χ4v) is 2.32. The first-order valence-corrected chi connectivity index (χ1v) is 6.23. The molecule has 1 aliphatic heterocycles. The number of rotatable bonds is 2. The van der Waals surface area contributed by atoms with Crippen molar-refractivity contribution < 1.29 is 18.4 Å². The van der Waals surface area contributed by atoms with Gasteiger partial charge in [0.15, 0.2) is 0 Å². The van der Waals surface area contributed by atoms with Crippen LogP contribution in [0.2, 0.25) is 0 Å². The number of carbonyl (C=O) groups excluding carboxylic acids is 2. The topological polar surface area (TPSA) is 46.2 Å². The van der Waals surface area contributed by atoms with Crippen LogP contribution in [0.5, 0.6) is 0 Å². The van der Waals surface area contributed by atoms with Crippen LogP contribution in [-0.4, -0.2) is 11.8 Å². The molecule has 1 aliphatic rings. The molecule has 5 heteroatoms. The molecule has 3 nitrogen and oxygen atoms in total. The molecular weight excluding hydrogens is 252 g/mol. The van der Waals surface area contributed by atoms with Gasteiger partial charge in [0.2, 0.25) is 11.8 Å². The standard InChI is InChI=1S/C14H15F2NO2/c1-7(2)8-3-5-10(15)12(13(8)16)9-4-6-11(18)17-14(9)19/h3,5,7,9H,4,6H2,1-2H3,(H,17,18,19)/t9-/m1/s1. The molecule has 0 unspecified atom stereocenters. The van der Waals surface area contributed by atoms with Crippen molar-refractivity contribution in [2.45, 2.75) is 38.5 Å². The normalized spacial score (nSPS) is 19.7. The van der Waals surface area contributed by atoms with Gasteiger partial charge in [0.25, 0.3) is 0 Å². The van der Waals surface area contributed by atoms with Crippen molar-refractivity contribution in [1.82, 2.24) is 5.32 Å². The van der Waals surface area contributed by atoms with E-state index in [9.17, 15) is 18.4 Å². The van der Waals surface area contributed by atoms with E-state index in [1.54, 1.807) is 13.8 Å². The lowest BCUT2D eigenvalue weighted by atomic mass is 9.87. The Morgan fingerprint density at radius 3 is 2.53 bits per heavy atom. The lowest BCUT2D eigenvalue weighted by Crippen LogP contribution is -2.40. The lowest BCUT2D eigenvalue weighted by molar-refractivity contribution is -0.134. The first kappa shape index (κ1) is 13.6. The van der Waals surface area contributed by atoms with Gasteiger partial charge in [-0.3, -0.25) is 14.9 Å². The highest BCUT2D eigenvalue weighted by Gasteiger charge is 2.33. The SMILES string of the molecule is CC(C)c1ccc(F)c([C@H]2CCC(=O)NC2=O)c1F. The Bertz CT molecular complexity index is 540. The van der Waals surface area contributed by atoms with Crippen LogP contribution in [0.15, 0.2) is 12.1 Å². The minimum atomic E-state index is -0.934. The average molecular weight is 267 g/mol. The Morgan fingerprint density at radius 2 is 1.95 bits per heavy atom. The van der Waals surface area contributed by atoms with Gasteiger partial charge in [-0.05, 0) is 24.0 Å². The summed E-state index contributed by atoms with van der Waals surface area (Å²) in [4.78, 5) is 22.8. The van der Waals surface area contributed by atoms with Crippen molar-refractivity contribution in [2.24, 2.45) is 0 Å². The van der Waals surface area contributed by atoms with E-state index >= 15 is 0 Å². The van der Waals surface area contributed by atoms with Crippen molar-refractivity contribution in [1.29, 1.82) is 0 Å². The van der Waals surface area contributed by atoms with E-state index < -0.39 is 29.4 Å². The molecule has 1 fully saturated rings. The molecule has 0 radical (unpaired) electrons. The van der Waals surface area contributed by atoms with Crippen LogP contribution in [-0.2, 0) is 9.59 Å². The van der Waals surface area contributed by atoms with Gasteiger partial charge in [-0.2, -0.15) is 0 Å².